The SMILES string of the molecule is CC(=O)C1(OC(=O)CN)CCCCC1.[F][Zr]([F])([F])[F].[KH]. The number of ether oxygens (including phenoxy) is 1. The van der Waals surface area contributed by atoms with Crippen LogP contribution in [-0.4, -0.2) is 75.3 Å². The van der Waals surface area contributed by atoms with Gasteiger partial charge in [0.1, 0.15) is 0 Å². The molecule has 0 bridgehead atoms. The zero-order valence-corrected chi connectivity index (χ0v) is 13.0. The van der Waals surface area contributed by atoms with Gasteiger partial charge in [0.2, 0.25) is 0 Å². The molecule has 1 fully saturated rings. The van der Waals surface area contributed by atoms with Gasteiger partial charge in [-0.3, -0.25) is 9.59 Å². The molecule has 2 N–H and O–H groups in total. The van der Waals surface area contributed by atoms with Gasteiger partial charge in [-0.2, -0.15) is 0 Å². The van der Waals surface area contributed by atoms with Crippen molar-refractivity contribution < 1.29 is 47.5 Å². The van der Waals surface area contributed by atoms with Gasteiger partial charge in [0.05, 0.1) is 6.54 Å². The number of carbonyl (C=O) groups is 2. The first-order valence-corrected chi connectivity index (χ1v) is 9.51. The molecular formula is C10H18F4KNO3Zr. The van der Waals surface area contributed by atoms with Crippen molar-refractivity contribution in [3.63, 3.8) is 0 Å². The van der Waals surface area contributed by atoms with Crippen molar-refractivity contribution in [3.05, 3.63) is 0 Å². The van der Waals surface area contributed by atoms with Gasteiger partial charge in [0.15, 0.2) is 11.4 Å². The van der Waals surface area contributed by atoms with Gasteiger partial charge in [-0.1, -0.05) is 6.42 Å². The standard InChI is InChI=1S/C10H17NO3.4FH.K.Zr.H/c1-8(12)10(14-9(13)7-11)5-3-2-4-6-10;;;;;;;/h2-7,11H2,1H3;4*1H;;;/q;;;;;;+4;/p-4. The molecule has 1 saturated carbocycles. The zero-order chi connectivity index (χ0) is 15.1. The summed E-state index contributed by atoms with van der Waals surface area (Å²) >= 11 is -7.18. The number of halogens is 4. The Bertz CT molecular complexity index is 316. The number of esters is 1. The molecule has 10 heteroatoms. The Morgan fingerprint density at radius 2 is 1.55 bits per heavy atom. The summed E-state index contributed by atoms with van der Waals surface area (Å²) in [5.41, 5.74) is 4.30. The summed E-state index contributed by atoms with van der Waals surface area (Å²) in [5.74, 6) is -0.541. The van der Waals surface area contributed by atoms with E-state index in [1.165, 1.54) is 6.92 Å². The third kappa shape index (κ3) is 11.0. The van der Waals surface area contributed by atoms with Crippen molar-refractivity contribution in [2.75, 3.05) is 6.54 Å². The van der Waals surface area contributed by atoms with Gasteiger partial charge >= 0.3 is 90.6 Å². The quantitative estimate of drug-likeness (QED) is 0.441. The number of hydrogen-bond donors (Lipinski definition) is 1. The number of hydrogen-bond acceptors (Lipinski definition) is 4. The Morgan fingerprint density at radius 1 is 1.15 bits per heavy atom. The van der Waals surface area contributed by atoms with Gasteiger partial charge in [-0.15, -0.1) is 0 Å². The van der Waals surface area contributed by atoms with Gasteiger partial charge in [-0.05, 0) is 32.6 Å². The van der Waals surface area contributed by atoms with E-state index in [1.54, 1.807) is 0 Å². The van der Waals surface area contributed by atoms with Crippen LogP contribution in [0.15, 0.2) is 0 Å². The molecule has 0 unspecified atom stereocenters. The van der Waals surface area contributed by atoms with Gasteiger partial charge < -0.3 is 10.5 Å². The molecule has 1 aliphatic rings. The first-order chi connectivity index (χ1) is 8.60. The monoisotopic (exact) mass is 405 g/mol. The Balaban J connectivity index is 0. The molecule has 0 aliphatic heterocycles. The molecular weight excluding hydrogens is 388 g/mol. The van der Waals surface area contributed by atoms with E-state index in [4.69, 9.17) is 10.5 Å². The number of carbonyl (C=O) groups excluding carboxylic acids is 2. The number of rotatable bonds is 3. The molecule has 0 amide bonds. The van der Waals surface area contributed by atoms with Crippen LogP contribution in [0.2, 0.25) is 0 Å². The molecule has 0 spiro atoms. The third-order valence-corrected chi connectivity index (χ3v) is 2.78. The van der Waals surface area contributed by atoms with E-state index >= 15 is 0 Å². The van der Waals surface area contributed by atoms with E-state index in [0.717, 1.165) is 19.3 Å². The van der Waals surface area contributed by atoms with E-state index in [1.807, 2.05) is 0 Å². The van der Waals surface area contributed by atoms with Crippen molar-refractivity contribution in [1.82, 2.24) is 0 Å². The molecule has 0 heterocycles. The molecule has 0 aromatic rings. The Labute approximate surface area is 165 Å². The molecule has 0 atom stereocenters. The first-order valence-electron chi connectivity index (χ1n) is 5.79. The molecule has 20 heavy (non-hydrogen) atoms. The van der Waals surface area contributed by atoms with Crippen LogP contribution in [-0.2, 0) is 37.0 Å². The van der Waals surface area contributed by atoms with Gasteiger partial charge in [0, 0.05) is 0 Å². The summed E-state index contributed by atoms with van der Waals surface area (Å²) in [6.45, 7) is 1.32. The molecule has 1 rings (SSSR count). The second kappa shape index (κ2) is 11.0. The molecule has 1 aliphatic carbocycles. The summed E-state index contributed by atoms with van der Waals surface area (Å²) in [6, 6.07) is 0. The third-order valence-electron chi connectivity index (χ3n) is 2.78. The minimum atomic E-state index is -7.18. The summed E-state index contributed by atoms with van der Waals surface area (Å²) in [7, 11) is 0. The fraction of sp³-hybridized carbons (Fsp3) is 0.800. The first kappa shape index (κ1) is 23.6. The van der Waals surface area contributed by atoms with E-state index in [9.17, 15) is 20.1 Å². The summed E-state index contributed by atoms with van der Waals surface area (Å²) < 4.78 is 44.8. The predicted octanol–water partition coefficient (Wildman–Crippen LogP) is 1.81. The van der Waals surface area contributed by atoms with Crippen molar-refractivity contribution in [3.8, 4) is 0 Å². The normalized spacial score (nSPS) is 17.1. The summed E-state index contributed by atoms with van der Waals surface area (Å²) in [6.07, 6.45) is 4.28. The average molecular weight is 407 g/mol. The zero-order valence-electron chi connectivity index (χ0n) is 10.6. The Morgan fingerprint density at radius 3 is 1.85 bits per heavy atom. The Hall–Kier alpha value is 1.34. The van der Waals surface area contributed by atoms with Crippen molar-refractivity contribution >= 4 is 63.1 Å². The predicted molar refractivity (Wildman–Crippen MR) is 63.2 cm³/mol. The second-order valence-corrected chi connectivity index (χ2v) is 6.32. The van der Waals surface area contributed by atoms with E-state index in [2.05, 4.69) is 0 Å². The van der Waals surface area contributed by atoms with Gasteiger partial charge in [-0.25, -0.2) is 0 Å². The van der Waals surface area contributed by atoms with Crippen molar-refractivity contribution in [2.45, 2.75) is 44.6 Å². The molecule has 114 valence electrons. The summed E-state index contributed by atoms with van der Waals surface area (Å²) in [4.78, 5) is 22.5. The molecule has 0 radical (unpaired) electrons. The van der Waals surface area contributed by atoms with Gasteiger partial charge in [0.25, 0.3) is 0 Å². The fourth-order valence-electron chi connectivity index (χ4n) is 1.91. The topological polar surface area (TPSA) is 69.4 Å². The maximum absolute atomic E-state index is 11.5. The van der Waals surface area contributed by atoms with Crippen LogP contribution in [0, 0.1) is 0 Å². The van der Waals surface area contributed by atoms with Crippen molar-refractivity contribution in [2.24, 2.45) is 5.73 Å². The maximum atomic E-state index is 11.5. The molecule has 0 saturated heterocycles. The Kier molecular flexibility index (Phi) is 12.9. The minimum absolute atomic E-state index is 0. The van der Waals surface area contributed by atoms with Crippen LogP contribution in [0.25, 0.3) is 0 Å². The van der Waals surface area contributed by atoms with Crippen LogP contribution in [0.3, 0.4) is 0 Å². The van der Waals surface area contributed by atoms with Crippen LogP contribution < -0.4 is 5.73 Å². The van der Waals surface area contributed by atoms with Crippen LogP contribution in [0.1, 0.15) is 39.0 Å². The molecule has 4 nitrogen and oxygen atoms in total. The average Bonchev–Trinajstić information content (AvgIpc) is 2.27. The van der Waals surface area contributed by atoms with Crippen LogP contribution >= 0.6 is 0 Å². The van der Waals surface area contributed by atoms with Crippen LogP contribution in [0.5, 0.6) is 0 Å². The molecule has 0 aromatic carbocycles. The van der Waals surface area contributed by atoms with E-state index in [-0.39, 0.29) is 63.7 Å². The number of nitrogens with two attached hydrogens (primary N) is 1. The second-order valence-electron chi connectivity index (χ2n) is 4.22. The van der Waals surface area contributed by atoms with Crippen molar-refractivity contribution in [1.29, 1.82) is 0 Å². The van der Waals surface area contributed by atoms with Crippen LogP contribution in [0.4, 0.5) is 10.5 Å². The fourth-order valence-corrected chi connectivity index (χ4v) is 1.91. The summed E-state index contributed by atoms with van der Waals surface area (Å²) in [5, 5.41) is 0. The van der Waals surface area contributed by atoms with E-state index < -0.39 is 34.3 Å². The number of ketones is 1. The molecule has 0 aromatic heterocycles. The number of Topliss-reactive ketones (excluding diaryl/α,β-unsaturated/α-hetero) is 1. The van der Waals surface area contributed by atoms with E-state index in [0.29, 0.717) is 12.8 Å².